The highest BCUT2D eigenvalue weighted by Gasteiger charge is 2.14. The van der Waals surface area contributed by atoms with E-state index >= 15 is 0 Å². The highest BCUT2D eigenvalue weighted by atomic mass is 31.1. The van der Waals surface area contributed by atoms with Gasteiger partial charge < -0.3 is 4.79 Å². The smallest absolute Gasteiger partial charge is 0.303 e. The number of Topliss-reactive ketones (excluding diaryl/α,β-unsaturated/α-hetero) is 1. The Morgan fingerprint density at radius 1 is 1.64 bits per heavy atom. The molecule has 0 aromatic carbocycles. The second-order valence-corrected chi connectivity index (χ2v) is 2.11. The van der Waals surface area contributed by atoms with Gasteiger partial charge in [-0.25, -0.2) is 0 Å². The monoisotopic (exact) mass is 181 g/mol. The first kappa shape index (κ1) is 10.3. The number of carbonyl (C=O) groups excluding carboxylic acids is 2. The fourth-order valence-electron chi connectivity index (χ4n) is 0.289. The molecule has 0 amide bonds. The van der Waals surface area contributed by atoms with Crippen molar-refractivity contribution >= 4 is 20.3 Å². The molecule has 0 bridgehead atoms. The lowest BCUT2D eigenvalue weighted by atomic mass is 10.3. The van der Waals surface area contributed by atoms with E-state index in [1.165, 1.54) is 0 Å². The summed E-state index contributed by atoms with van der Waals surface area (Å²) in [5, 5.41) is 0. The molecule has 0 heterocycles. The summed E-state index contributed by atoms with van der Waals surface area (Å²) in [7, 11) is -2.85. The molecule has 1 unspecified atom stereocenters. The third-order valence-electron chi connectivity index (χ3n) is 0.647. The van der Waals surface area contributed by atoms with Crippen LogP contribution < -0.4 is 0 Å². The molecule has 0 aromatic heterocycles. The van der Waals surface area contributed by atoms with E-state index in [9.17, 15) is 14.2 Å². The van der Waals surface area contributed by atoms with Gasteiger partial charge >= 0.3 is 8.25 Å². The minimum Gasteiger partial charge on any atom is -0.303 e. The summed E-state index contributed by atoms with van der Waals surface area (Å²) in [5.41, 5.74) is 0. The Balaban J connectivity index is 3.31. The van der Waals surface area contributed by atoms with Crippen LogP contribution in [0.4, 0.5) is 0 Å². The fraction of sp³-hybridized carbons (Fsp3) is 0.500. The van der Waals surface area contributed by atoms with Gasteiger partial charge in [0, 0.05) is 4.57 Å². The molecule has 11 heavy (non-hydrogen) atoms. The molecule has 0 fully saturated rings. The van der Waals surface area contributed by atoms with Crippen molar-refractivity contribution in [2.45, 2.75) is 6.42 Å². The number of ketones is 1. The highest BCUT2D eigenvalue weighted by Crippen LogP contribution is 2.13. The van der Waals surface area contributed by atoms with Crippen LogP contribution in [0.15, 0.2) is 0 Å². The van der Waals surface area contributed by atoms with Gasteiger partial charge in [-0.05, 0) is 0 Å². The van der Waals surface area contributed by atoms with Crippen LogP contribution in [0.1, 0.15) is 6.42 Å². The van der Waals surface area contributed by atoms with Crippen LogP contribution in [0.25, 0.3) is 0 Å². The van der Waals surface area contributed by atoms with E-state index in [0.29, 0.717) is 6.29 Å². The Morgan fingerprint density at radius 3 is 2.73 bits per heavy atom. The molecular formula is C4H6O6P+. The zero-order valence-corrected chi connectivity index (χ0v) is 6.32. The van der Waals surface area contributed by atoms with Gasteiger partial charge in [0.05, 0.1) is 11.1 Å². The number of hydrogen-bond donors (Lipinski definition) is 1. The van der Waals surface area contributed by atoms with Crippen molar-refractivity contribution in [1.82, 2.24) is 0 Å². The summed E-state index contributed by atoms with van der Waals surface area (Å²) >= 11 is 0. The summed E-state index contributed by atoms with van der Waals surface area (Å²) in [6, 6.07) is 0. The first-order valence-electron chi connectivity index (χ1n) is 2.58. The van der Waals surface area contributed by atoms with Crippen LogP contribution in [-0.2, 0) is 23.7 Å². The average Bonchev–Trinajstić information content (AvgIpc) is 1.87. The summed E-state index contributed by atoms with van der Waals surface area (Å²) in [6.07, 6.45) is 0.121. The maximum atomic E-state index is 10.4. The van der Waals surface area contributed by atoms with Crippen LogP contribution in [0.3, 0.4) is 0 Å². The van der Waals surface area contributed by atoms with Crippen LogP contribution >= 0.6 is 8.25 Å². The number of hydrogen-bond acceptors (Lipinski definition) is 5. The molecule has 7 heteroatoms. The van der Waals surface area contributed by atoms with E-state index in [1.807, 2.05) is 0 Å². The third-order valence-corrected chi connectivity index (χ3v) is 0.880. The van der Waals surface area contributed by atoms with Crippen LogP contribution in [-0.4, -0.2) is 23.6 Å². The van der Waals surface area contributed by atoms with E-state index in [1.54, 1.807) is 0 Å². The second-order valence-electron chi connectivity index (χ2n) is 1.48. The molecule has 1 atom stereocenters. The van der Waals surface area contributed by atoms with Gasteiger partial charge in [-0.1, -0.05) is 0 Å². The van der Waals surface area contributed by atoms with Crippen LogP contribution in [0.5, 0.6) is 0 Å². The number of aldehydes is 1. The lowest BCUT2D eigenvalue weighted by Crippen LogP contribution is -2.07. The first-order chi connectivity index (χ1) is 5.16. The minimum atomic E-state index is -2.85. The standard InChI is InChI=1S/C4H5O6P/c5-2-1-4(6)3-9-10-11(7)8/h2H,1,3H2/p+1. The van der Waals surface area contributed by atoms with Gasteiger partial charge in [-0.15, -0.1) is 4.89 Å². The Labute approximate surface area is 63.0 Å². The molecule has 0 aromatic rings. The normalized spacial score (nSPS) is 10.8. The SMILES string of the molecule is O=CCC(=O)COO[P+](=O)O. The van der Waals surface area contributed by atoms with Gasteiger partial charge in [-0.2, -0.15) is 4.89 Å². The molecule has 6 nitrogen and oxygen atoms in total. The largest absolute Gasteiger partial charge is 0.725 e. The zero-order valence-electron chi connectivity index (χ0n) is 5.43. The van der Waals surface area contributed by atoms with Crippen molar-refractivity contribution < 1.29 is 28.6 Å². The van der Waals surface area contributed by atoms with E-state index in [2.05, 4.69) is 9.56 Å². The van der Waals surface area contributed by atoms with Crippen molar-refractivity contribution in [3.63, 3.8) is 0 Å². The topological polar surface area (TPSA) is 89.9 Å². The molecule has 0 spiro atoms. The molecule has 0 aliphatic rings. The van der Waals surface area contributed by atoms with Crippen molar-refractivity contribution in [3.05, 3.63) is 0 Å². The van der Waals surface area contributed by atoms with Crippen molar-refractivity contribution in [2.75, 3.05) is 6.61 Å². The zero-order chi connectivity index (χ0) is 8.69. The summed E-state index contributed by atoms with van der Waals surface area (Å²) < 4.78 is 13.4. The Hall–Kier alpha value is -0.680. The first-order valence-corrected chi connectivity index (χ1v) is 3.71. The van der Waals surface area contributed by atoms with Crippen molar-refractivity contribution in [2.24, 2.45) is 0 Å². The average molecular weight is 181 g/mol. The van der Waals surface area contributed by atoms with Crippen LogP contribution in [0.2, 0.25) is 0 Å². The van der Waals surface area contributed by atoms with E-state index in [0.717, 1.165) is 0 Å². The second kappa shape index (κ2) is 6.06. The van der Waals surface area contributed by atoms with E-state index in [4.69, 9.17) is 4.89 Å². The highest BCUT2D eigenvalue weighted by molar-refractivity contribution is 7.31. The van der Waals surface area contributed by atoms with Gasteiger partial charge in [0.2, 0.25) is 0 Å². The molecule has 0 radical (unpaired) electrons. The Kier molecular flexibility index (Phi) is 5.68. The predicted octanol–water partition coefficient (Wildman–Crippen LogP) is -0.258. The molecule has 0 saturated heterocycles. The molecular weight excluding hydrogens is 175 g/mol. The number of rotatable bonds is 6. The molecule has 0 rings (SSSR count). The van der Waals surface area contributed by atoms with E-state index < -0.39 is 20.6 Å². The maximum Gasteiger partial charge on any atom is 0.725 e. The molecule has 0 saturated carbocycles. The Morgan fingerprint density at radius 2 is 2.27 bits per heavy atom. The molecule has 62 valence electrons. The fourth-order valence-corrected chi connectivity index (χ4v) is 0.432. The quantitative estimate of drug-likeness (QED) is 0.199. The van der Waals surface area contributed by atoms with Crippen LogP contribution in [0, 0.1) is 0 Å². The van der Waals surface area contributed by atoms with Crippen molar-refractivity contribution in [3.8, 4) is 0 Å². The maximum absolute atomic E-state index is 10.4. The summed E-state index contributed by atoms with van der Waals surface area (Å²) in [4.78, 5) is 32.0. The van der Waals surface area contributed by atoms with Crippen molar-refractivity contribution in [1.29, 1.82) is 0 Å². The summed E-state index contributed by atoms with van der Waals surface area (Å²) in [6.45, 7) is -0.500. The Bertz CT molecular complexity index is 166. The van der Waals surface area contributed by atoms with Gasteiger partial charge in [-0.3, -0.25) is 4.79 Å². The summed E-state index contributed by atoms with van der Waals surface area (Å²) in [5.74, 6) is -0.517. The molecule has 0 aliphatic heterocycles. The van der Waals surface area contributed by atoms with Gasteiger partial charge in [0.1, 0.15) is 12.9 Å². The minimum absolute atomic E-state index is 0.286. The van der Waals surface area contributed by atoms with E-state index in [-0.39, 0.29) is 6.42 Å². The lowest BCUT2D eigenvalue weighted by molar-refractivity contribution is -0.206. The third kappa shape index (κ3) is 7.21. The van der Waals surface area contributed by atoms with Gasteiger partial charge in [0.15, 0.2) is 5.78 Å². The lowest BCUT2D eigenvalue weighted by Gasteiger charge is -1.88. The van der Waals surface area contributed by atoms with Gasteiger partial charge in [0.25, 0.3) is 0 Å². The predicted molar refractivity (Wildman–Crippen MR) is 32.6 cm³/mol. The molecule has 1 N–H and O–H groups in total. The molecule has 0 aliphatic carbocycles. The number of carbonyl (C=O) groups is 2.